The number of aliphatic hydroxyl groups is 4. The van der Waals surface area contributed by atoms with Gasteiger partial charge in [0.15, 0.2) is 6.23 Å². The molecule has 0 aliphatic heterocycles. The van der Waals surface area contributed by atoms with Crippen molar-refractivity contribution in [1.82, 2.24) is 14.5 Å². The van der Waals surface area contributed by atoms with E-state index in [-0.39, 0.29) is 12.6 Å². The molecule has 6 N–H and O–H groups in total. The molecule has 102 valence electrons. The number of anilines is 1. The molecule has 0 aliphatic rings. The molecule has 0 fully saturated rings. The number of hydrogen-bond acceptors (Lipinski definition) is 8. The number of nitrogens with two attached hydrogens (primary N) is 1. The monoisotopic (exact) mass is 260 g/mol. The second kappa shape index (κ2) is 5.87. The molecule has 9 nitrogen and oxygen atoms in total. The van der Waals surface area contributed by atoms with Gasteiger partial charge in [-0.2, -0.15) is 4.98 Å². The Balaban J connectivity index is 2.92. The largest absolute Gasteiger partial charge is 0.396 e. The standard InChI is InChI=1S/C9H16N4O5/c1-4(2-14)5(15)6(16)7(17)13-3-11-8(10)12-9(13)18/h3-7,14-17H,2H2,1H3,(H2,10,12,18)/t4-,5?,6?,7-/m1/s1. The molecule has 0 radical (unpaired) electrons. The van der Waals surface area contributed by atoms with Crippen molar-refractivity contribution >= 4 is 5.95 Å². The van der Waals surface area contributed by atoms with Crippen LogP contribution in [0.5, 0.6) is 0 Å². The van der Waals surface area contributed by atoms with Gasteiger partial charge in [0.25, 0.3) is 0 Å². The predicted molar refractivity (Wildman–Crippen MR) is 60.2 cm³/mol. The van der Waals surface area contributed by atoms with Gasteiger partial charge in [-0.15, -0.1) is 0 Å². The van der Waals surface area contributed by atoms with Crippen LogP contribution < -0.4 is 11.4 Å². The van der Waals surface area contributed by atoms with E-state index in [9.17, 15) is 20.1 Å². The molecule has 0 aliphatic carbocycles. The highest BCUT2D eigenvalue weighted by atomic mass is 16.4. The first-order valence-corrected chi connectivity index (χ1v) is 5.24. The molecular weight excluding hydrogens is 244 g/mol. The molecule has 0 aromatic carbocycles. The topological polar surface area (TPSA) is 155 Å². The maximum atomic E-state index is 11.4. The average Bonchev–Trinajstić information content (AvgIpc) is 2.35. The minimum atomic E-state index is -1.73. The molecule has 0 saturated carbocycles. The molecule has 4 atom stereocenters. The predicted octanol–water partition coefficient (Wildman–Crippen LogP) is -2.94. The van der Waals surface area contributed by atoms with Gasteiger partial charge in [-0.05, 0) is 0 Å². The lowest BCUT2D eigenvalue weighted by Crippen LogP contribution is -2.43. The summed E-state index contributed by atoms with van der Waals surface area (Å²) in [6.07, 6.45) is -3.90. The summed E-state index contributed by atoms with van der Waals surface area (Å²) in [5, 5.41) is 37.9. The van der Waals surface area contributed by atoms with Crippen LogP contribution in [0.2, 0.25) is 0 Å². The Bertz CT molecular complexity index is 451. The Morgan fingerprint density at radius 3 is 2.50 bits per heavy atom. The van der Waals surface area contributed by atoms with Gasteiger partial charge >= 0.3 is 5.69 Å². The molecule has 1 aromatic heterocycles. The molecule has 1 rings (SSSR count). The number of nitrogen functional groups attached to an aromatic ring is 1. The van der Waals surface area contributed by atoms with Crippen molar-refractivity contribution in [2.75, 3.05) is 12.3 Å². The van der Waals surface area contributed by atoms with Gasteiger partial charge in [-0.1, -0.05) is 6.92 Å². The fourth-order valence-electron chi connectivity index (χ4n) is 1.32. The zero-order valence-corrected chi connectivity index (χ0v) is 9.71. The van der Waals surface area contributed by atoms with Crippen molar-refractivity contribution in [3.63, 3.8) is 0 Å². The van der Waals surface area contributed by atoms with E-state index in [0.29, 0.717) is 4.57 Å². The van der Waals surface area contributed by atoms with Crippen molar-refractivity contribution in [3.8, 4) is 0 Å². The zero-order chi connectivity index (χ0) is 13.9. The van der Waals surface area contributed by atoms with E-state index < -0.39 is 30.0 Å². The fraction of sp³-hybridized carbons (Fsp3) is 0.667. The third-order valence-electron chi connectivity index (χ3n) is 2.56. The highest BCUT2D eigenvalue weighted by Gasteiger charge is 2.30. The molecule has 0 bridgehead atoms. The van der Waals surface area contributed by atoms with E-state index in [1.807, 2.05) is 0 Å². The van der Waals surface area contributed by atoms with Crippen LogP contribution in [-0.4, -0.2) is 53.8 Å². The van der Waals surface area contributed by atoms with Crippen LogP contribution in [0.1, 0.15) is 13.2 Å². The average molecular weight is 260 g/mol. The van der Waals surface area contributed by atoms with Crippen molar-refractivity contribution in [1.29, 1.82) is 0 Å². The van der Waals surface area contributed by atoms with Gasteiger partial charge in [0.2, 0.25) is 5.95 Å². The Labute approximate surface area is 102 Å². The molecule has 18 heavy (non-hydrogen) atoms. The summed E-state index contributed by atoms with van der Waals surface area (Å²) in [7, 11) is 0. The first-order valence-electron chi connectivity index (χ1n) is 5.24. The second-order valence-corrected chi connectivity index (χ2v) is 3.96. The SMILES string of the molecule is C[C@H](CO)C(O)C(O)[C@@H](O)n1cnc(N)nc1=O. The Kier molecular flexibility index (Phi) is 4.73. The molecule has 0 amide bonds. The van der Waals surface area contributed by atoms with Crippen LogP contribution in [0.25, 0.3) is 0 Å². The molecule has 0 spiro atoms. The maximum Gasteiger partial charge on any atom is 0.354 e. The lowest BCUT2D eigenvalue weighted by Gasteiger charge is -2.26. The van der Waals surface area contributed by atoms with E-state index in [1.54, 1.807) is 0 Å². The fourth-order valence-corrected chi connectivity index (χ4v) is 1.32. The van der Waals surface area contributed by atoms with Crippen LogP contribution >= 0.6 is 0 Å². The molecule has 0 saturated heterocycles. The van der Waals surface area contributed by atoms with Gasteiger partial charge in [-0.25, -0.2) is 9.78 Å². The zero-order valence-electron chi connectivity index (χ0n) is 9.71. The van der Waals surface area contributed by atoms with Crippen molar-refractivity contribution in [3.05, 3.63) is 16.8 Å². The van der Waals surface area contributed by atoms with Crippen molar-refractivity contribution < 1.29 is 20.4 Å². The quantitative estimate of drug-likeness (QED) is 0.376. The molecule has 2 unspecified atom stereocenters. The lowest BCUT2D eigenvalue weighted by atomic mass is 10.00. The minimum Gasteiger partial charge on any atom is -0.396 e. The van der Waals surface area contributed by atoms with Crippen molar-refractivity contribution in [2.24, 2.45) is 5.92 Å². The van der Waals surface area contributed by atoms with Gasteiger partial charge in [-0.3, -0.25) is 4.57 Å². The van der Waals surface area contributed by atoms with Gasteiger partial charge in [0.1, 0.15) is 12.4 Å². The van der Waals surface area contributed by atoms with Crippen LogP contribution in [0.4, 0.5) is 5.95 Å². The van der Waals surface area contributed by atoms with Crippen LogP contribution in [0, 0.1) is 5.92 Å². The maximum absolute atomic E-state index is 11.4. The first kappa shape index (κ1) is 14.5. The summed E-state index contributed by atoms with van der Waals surface area (Å²) in [5.41, 5.74) is 4.27. The molecule has 9 heteroatoms. The molecular formula is C9H16N4O5. The van der Waals surface area contributed by atoms with Crippen LogP contribution in [0.3, 0.4) is 0 Å². The number of nitrogens with zero attached hydrogens (tertiary/aromatic N) is 3. The van der Waals surface area contributed by atoms with Gasteiger partial charge in [0.05, 0.1) is 6.10 Å². The second-order valence-electron chi connectivity index (χ2n) is 3.96. The van der Waals surface area contributed by atoms with E-state index >= 15 is 0 Å². The normalized spacial score (nSPS) is 18.1. The van der Waals surface area contributed by atoms with Gasteiger partial charge < -0.3 is 26.2 Å². The summed E-state index contributed by atoms with van der Waals surface area (Å²) in [6.45, 7) is 1.10. The highest BCUT2D eigenvalue weighted by Crippen LogP contribution is 2.15. The summed E-state index contributed by atoms with van der Waals surface area (Å²) in [5.74, 6) is -0.928. The number of aromatic nitrogens is 3. The van der Waals surface area contributed by atoms with Crippen molar-refractivity contribution in [2.45, 2.75) is 25.4 Å². The van der Waals surface area contributed by atoms with Crippen LogP contribution in [-0.2, 0) is 0 Å². The Morgan fingerprint density at radius 1 is 1.39 bits per heavy atom. The minimum absolute atomic E-state index is 0.262. The molecule has 1 heterocycles. The van der Waals surface area contributed by atoms with E-state index in [0.717, 1.165) is 6.33 Å². The summed E-state index contributed by atoms with van der Waals surface area (Å²) >= 11 is 0. The summed E-state index contributed by atoms with van der Waals surface area (Å²) < 4.78 is 0.633. The van der Waals surface area contributed by atoms with Gasteiger partial charge in [0, 0.05) is 12.5 Å². The third kappa shape index (κ3) is 3.01. The van der Waals surface area contributed by atoms with Crippen LogP contribution in [0.15, 0.2) is 11.1 Å². The number of rotatable bonds is 5. The number of aliphatic hydroxyl groups excluding tert-OH is 4. The molecule has 1 aromatic rings. The summed E-state index contributed by atoms with van der Waals surface area (Å²) in [4.78, 5) is 18.1. The highest BCUT2D eigenvalue weighted by molar-refractivity contribution is 5.09. The summed E-state index contributed by atoms with van der Waals surface area (Å²) in [6, 6.07) is 0. The third-order valence-corrected chi connectivity index (χ3v) is 2.56. The Hall–Kier alpha value is -1.55. The lowest BCUT2D eigenvalue weighted by molar-refractivity contribution is -0.113. The first-order chi connectivity index (χ1) is 8.38. The van der Waals surface area contributed by atoms with E-state index in [1.165, 1.54) is 6.92 Å². The Morgan fingerprint density at radius 2 is 2.00 bits per heavy atom. The van der Waals surface area contributed by atoms with E-state index in [2.05, 4.69) is 9.97 Å². The smallest absolute Gasteiger partial charge is 0.354 e. The number of hydrogen-bond donors (Lipinski definition) is 5. The van der Waals surface area contributed by atoms with E-state index in [4.69, 9.17) is 10.8 Å².